The van der Waals surface area contributed by atoms with Crippen LogP contribution in [-0.2, 0) is 9.53 Å². The van der Waals surface area contributed by atoms with Crippen LogP contribution in [0.25, 0.3) is 6.08 Å². The van der Waals surface area contributed by atoms with Crippen molar-refractivity contribution in [2.45, 2.75) is 26.4 Å². The molecule has 0 N–H and O–H groups in total. The maximum atomic E-state index is 11.5. The summed E-state index contributed by atoms with van der Waals surface area (Å²) in [6.45, 7) is 7.22. The molecule has 0 aromatic heterocycles. The van der Waals surface area contributed by atoms with Crippen LogP contribution in [0, 0.1) is 0 Å². The molecule has 1 rings (SSSR count). The van der Waals surface area contributed by atoms with E-state index < -0.39 is 0 Å². The van der Waals surface area contributed by atoms with Gasteiger partial charge in [-0.2, -0.15) is 0 Å². The number of esters is 1. The standard InChI is InChI=1S/C17H23NO2/c1-6-16(20-17(19)13(2)3)12-9-14-7-10-15(11-8-14)18(4)5/h7-12,16H,2,6H2,1,3-5H3/b12-9+. The van der Waals surface area contributed by atoms with Gasteiger partial charge in [0.1, 0.15) is 6.10 Å². The third-order valence-corrected chi connectivity index (χ3v) is 2.92. The Kier molecular flexibility index (Phi) is 6.04. The quantitative estimate of drug-likeness (QED) is 0.585. The Morgan fingerprint density at radius 2 is 1.95 bits per heavy atom. The highest BCUT2D eigenvalue weighted by Gasteiger charge is 2.09. The molecule has 0 heterocycles. The van der Waals surface area contributed by atoms with Crippen LogP contribution in [0.5, 0.6) is 0 Å². The largest absolute Gasteiger partial charge is 0.455 e. The van der Waals surface area contributed by atoms with Crippen molar-refractivity contribution in [1.82, 2.24) is 0 Å². The van der Waals surface area contributed by atoms with E-state index in [-0.39, 0.29) is 12.1 Å². The third-order valence-electron chi connectivity index (χ3n) is 2.92. The van der Waals surface area contributed by atoms with Gasteiger partial charge < -0.3 is 9.64 Å². The maximum absolute atomic E-state index is 11.5. The second-order valence-corrected chi connectivity index (χ2v) is 4.98. The predicted octanol–water partition coefficient (Wildman–Crippen LogP) is 3.66. The minimum atomic E-state index is -0.343. The summed E-state index contributed by atoms with van der Waals surface area (Å²) < 4.78 is 5.31. The highest BCUT2D eigenvalue weighted by Crippen LogP contribution is 2.14. The Hall–Kier alpha value is -2.03. The minimum absolute atomic E-state index is 0.215. The summed E-state index contributed by atoms with van der Waals surface area (Å²) in [6, 6.07) is 8.19. The Balaban J connectivity index is 2.69. The van der Waals surface area contributed by atoms with Crippen LogP contribution in [0.2, 0.25) is 0 Å². The molecule has 0 bridgehead atoms. The van der Waals surface area contributed by atoms with Gasteiger partial charge in [0, 0.05) is 25.4 Å². The van der Waals surface area contributed by atoms with E-state index in [1.54, 1.807) is 6.92 Å². The second-order valence-electron chi connectivity index (χ2n) is 4.98. The molecule has 1 aromatic rings. The number of carbonyl (C=O) groups excluding carboxylic acids is 1. The van der Waals surface area contributed by atoms with E-state index in [9.17, 15) is 4.79 Å². The average Bonchev–Trinajstić information content (AvgIpc) is 2.43. The van der Waals surface area contributed by atoms with E-state index in [0.29, 0.717) is 5.57 Å². The molecular weight excluding hydrogens is 250 g/mol. The van der Waals surface area contributed by atoms with E-state index in [1.165, 1.54) is 0 Å². The first-order chi connectivity index (χ1) is 9.43. The zero-order chi connectivity index (χ0) is 15.1. The van der Waals surface area contributed by atoms with Gasteiger partial charge in [0.05, 0.1) is 0 Å². The fraction of sp³-hybridized carbons (Fsp3) is 0.353. The highest BCUT2D eigenvalue weighted by molar-refractivity contribution is 5.87. The van der Waals surface area contributed by atoms with E-state index in [0.717, 1.165) is 17.7 Å². The number of benzene rings is 1. The van der Waals surface area contributed by atoms with Gasteiger partial charge in [0.25, 0.3) is 0 Å². The summed E-state index contributed by atoms with van der Waals surface area (Å²) in [4.78, 5) is 13.5. The number of hydrogen-bond acceptors (Lipinski definition) is 3. The molecule has 0 saturated heterocycles. The summed E-state index contributed by atoms with van der Waals surface area (Å²) >= 11 is 0. The van der Waals surface area contributed by atoms with Crippen molar-refractivity contribution in [2.75, 3.05) is 19.0 Å². The molecule has 0 aliphatic heterocycles. The number of rotatable bonds is 6. The van der Waals surface area contributed by atoms with Gasteiger partial charge in [-0.15, -0.1) is 0 Å². The van der Waals surface area contributed by atoms with Gasteiger partial charge in [0.15, 0.2) is 0 Å². The first kappa shape index (κ1) is 16.0. The fourth-order valence-electron chi connectivity index (χ4n) is 1.60. The van der Waals surface area contributed by atoms with Gasteiger partial charge in [-0.25, -0.2) is 4.79 Å². The van der Waals surface area contributed by atoms with Crippen LogP contribution in [0.15, 0.2) is 42.5 Å². The van der Waals surface area contributed by atoms with Crippen LogP contribution in [-0.4, -0.2) is 26.2 Å². The SMILES string of the molecule is C=C(C)C(=O)OC(/C=C/c1ccc(N(C)C)cc1)CC. The molecule has 0 saturated carbocycles. The minimum Gasteiger partial charge on any atom is -0.455 e. The van der Waals surface area contributed by atoms with Crippen molar-refractivity contribution in [1.29, 1.82) is 0 Å². The lowest BCUT2D eigenvalue weighted by molar-refractivity contribution is -0.142. The van der Waals surface area contributed by atoms with E-state index in [1.807, 2.05) is 45.3 Å². The molecule has 3 heteroatoms. The molecule has 20 heavy (non-hydrogen) atoms. The monoisotopic (exact) mass is 273 g/mol. The summed E-state index contributed by atoms with van der Waals surface area (Å²) in [7, 11) is 4.02. The lowest BCUT2D eigenvalue weighted by Crippen LogP contribution is -2.15. The Labute approximate surface area is 121 Å². The van der Waals surface area contributed by atoms with Crippen molar-refractivity contribution < 1.29 is 9.53 Å². The zero-order valence-corrected chi connectivity index (χ0v) is 12.7. The molecule has 108 valence electrons. The van der Waals surface area contributed by atoms with Crippen molar-refractivity contribution in [3.63, 3.8) is 0 Å². The normalized spacial score (nSPS) is 12.2. The summed E-state index contributed by atoms with van der Waals surface area (Å²) in [6.07, 6.45) is 4.41. The zero-order valence-electron chi connectivity index (χ0n) is 12.7. The number of anilines is 1. The Morgan fingerprint density at radius 3 is 2.40 bits per heavy atom. The lowest BCUT2D eigenvalue weighted by Gasteiger charge is -2.13. The van der Waals surface area contributed by atoms with Crippen LogP contribution in [0.4, 0.5) is 5.69 Å². The molecule has 0 radical (unpaired) electrons. The van der Waals surface area contributed by atoms with Gasteiger partial charge in [-0.3, -0.25) is 0 Å². The molecule has 1 aromatic carbocycles. The van der Waals surface area contributed by atoms with E-state index >= 15 is 0 Å². The molecule has 0 aliphatic carbocycles. The van der Waals surface area contributed by atoms with Gasteiger partial charge in [-0.1, -0.05) is 31.7 Å². The summed E-state index contributed by atoms with van der Waals surface area (Å²) in [5.74, 6) is -0.343. The first-order valence-electron chi connectivity index (χ1n) is 6.76. The van der Waals surface area contributed by atoms with Crippen LogP contribution in [0.3, 0.4) is 0 Å². The number of nitrogens with zero attached hydrogens (tertiary/aromatic N) is 1. The molecular formula is C17H23NO2. The molecule has 0 spiro atoms. The molecule has 1 unspecified atom stereocenters. The highest BCUT2D eigenvalue weighted by atomic mass is 16.5. The predicted molar refractivity (Wildman–Crippen MR) is 84.8 cm³/mol. The van der Waals surface area contributed by atoms with E-state index in [2.05, 4.69) is 23.6 Å². The topological polar surface area (TPSA) is 29.5 Å². The summed E-state index contributed by atoms with van der Waals surface area (Å²) in [5.41, 5.74) is 2.66. The first-order valence-corrected chi connectivity index (χ1v) is 6.76. The third kappa shape index (κ3) is 4.92. The molecule has 0 aliphatic rings. The van der Waals surface area contributed by atoms with Crippen molar-refractivity contribution >= 4 is 17.7 Å². The van der Waals surface area contributed by atoms with E-state index in [4.69, 9.17) is 4.74 Å². The summed E-state index contributed by atoms with van der Waals surface area (Å²) in [5, 5.41) is 0. The van der Waals surface area contributed by atoms with Crippen molar-refractivity contribution in [2.24, 2.45) is 0 Å². The maximum Gasteiger partial charge on any atom is 0.333 e. The molecule has 3 nitrogen and oxygen atoms in total. The number of hydrogen-bond donors (Lipinski definition) is 0. The van der Waals surface area contributed by atoms with Crippen LogP contribution < -0.4 is 4.90 Å². The molecule has 0 amide bonds. The van der Waals surface area contributed by atoms with Crippen molar-refractivity contribution in [3.05, 3.63) is 48.1 Å². The lowest BCUT2D eigenvalue weighted by atomic mass is 10.1. The van der Waals surface area contributed by atoms with Crippen LogP contribution >= 0.6 is 0 Å². The van der Waals surface area contributed by atoms with Gasteiger partial charge in [-0.05, 0) is 37.1 Å². The average molecular weight is 273 g/mol. The Bertz CT molecular complexity index is 486. The van der Waals surface area contributed by atoms with Crippen molar-refractivity contribution in [3.8, 4) is 0 Å². The smallest absolute Gasteiger partial charge is 0.333 e. The molecule has 1 atom stereocenters. The number of ether oxygens (including phenoxy) is 1. The Morgan fingerprint density at radius 1 is 1.35 bits per heavy atom. The van der Waals surface area contributed by atoms with Crippen LogP contribution in [0.1, 0.15) is 25.8 Å². The van der Waals surface area contributed by atoms with Gasteiger partial charge >= 0.3 is 5.97 Å². The number of carbonyl (C=O) groups is 1. The second kappa shape index (κ2) is 7.53. The molecule has 0 fully saturated rings. The fourth-order valence-corrected chi connectivity index (χ4v) is 1.60. The van der Waals surface area contributed by atoms with Gasteiger partial charge in [0.2, 0.25) is 0 Å².